The predicted octanol–water partition coefficient (Wildman–Crippen LogP) is 3.27. The summed E-state index contributed by atoms with van der Waals surface area (Å²) in [5, 5.41) is 6.77. The van der Waals surface area contributed by atoms with Crippen molar-refractivity contribution in [1.82, 2.24) is 10.3 Å². The Morgan fingerprint density at radius 2 is 2.29 bits per heavy atom. The minimum atomic E-state index is -0.226. The van der Waals surface area contributed by atoms with Crippen LogP contribution in [-0.2, 0) is 13.0 Å². The summed E-state index contributed by atoms with van der Waals surface area (Å²) in [6.07, 6.45) is 2.65. The zero-order valence-corrected chi connectivity index (χ0v) is 10.7. The van der Waals surface area contributed by atoms with Crippen LogP contribution in [0.3, 0.4) is 0 Å². The molecule has 0 bridgehead atoms. The highest BCUT2D eigenvalue weighted by Gasteiger charge is 2.02. The van der Waals surface area contributed by atoms with E-state index < -0.39 is 0 Å². The summed E-state index contributed by atoms with van der Waals surface area (Å²) in [5.74, 6) is -0.226. The molecule has 0 aliphatic rings. The Labute approximate surface area is 108 Å². The van der Waals surface area contributed by atoms with Crippen molar-refractivity contribution in [3.8, 4) is 0 Å². The third kappa shape index (κ3) is 3.77. The molecule has 0 fully saturated rings. The third-order valence-electron chi connectivity index (χ3n) is 2.32. The van der Waals surface area contributed by atoms with E-state index in [0.29, 0.717) is 17.1 Å². The lowest BCUT2D eigenvalue weighted by Crippen LogP contribution is -2.17. The van der Waals surface area contributed by atoms with Crippen LogP contribution in [-0.4, -0.2) is 11.5 Å². The molecule has 0 atom stereocenters. The van der Waals surface area contributed by atoms with Gasteiger partial charge in [0.25, 0.3) is 0 Å². The van der Waals surface area contributed by atoms with Crippen LogP contribution in [0.15, 0.2) is 29.8 Å². The maximum absolute atomic E-state index is 13.4. The minimum Gasteiger partial charge on any atom is -0.312 e. The van der Waals surface area contributed by atoms with Gasteiger partial charge >= 0.3 is 0 Å². The van der Waals surface area contributed by atoms with Crippen LogP contribution in [0.5, 0.6) is 0 Å². The zero-order chi connectivity index (χ0) is 12.1. The Kier molecular flexibility index (Phi) is 4.48. The first-order valence-corrected chi connectivity index (χ1v) is 6.54. The Balaban J connectivity index is 1.80. The van der Waals surface area contributed by atoms with Gasteiger partial charge in [-0.15, -0.1) is 11.3 Å². The van der Waals surface area contributed by atoms with E-state index in [1.54, 1.807) is 29.7 Å². The Hall–Kier alpha value is -0.970. The molecule has 0 spiro atoms. The highest BCUT2D eigenvalue weighted by atomic mass is 35.5. The molecule has 2 rings (SSSR count). The molecule has 0 aliphatic carbocycles. The molecule has 1 N–H and O–H groups in total. The SMILES string of the molecule is Fc1ccc(Cl)cc1CNCCc1nccs1. The molecule has 5 heteroatoms. The normalized spacial score (nSPS) is 10.7. The number of aromatic nitrogens is 1. The molecule has 2 aromatic rings. The molecule has 0 aliphatic heterocycles. The van der Waals surface area contributed by atoms with Gasteiger partial charge in [0.2, 0.25) is 0 Å². The smallest absolute Gasteiger partial charge is 0.127 e. The van der Waals surface area contributed by atoms with Crippen LogP contribution in [0.4, 0.5) is 4.39 Å². The summed E-state index contributed by atoms with van der Waals surface area (Å²) in [4.78, 5) is 4.18. The lowest BCUT2D eigenvalue weighted by molar-refractivity contribution is 0.588. The number of hydrogen-bond acceptors (Lipinski definition) is 3. The van der Waals surface area contributed by atoms with Gasteiger partial charge in [-0.2, -0.15) is 0 Å². The van der Waals surface area contributed by atoms with E-state index in [2.05, 4.69) is 10.3 Å². The van der Waals surface area contributed by atoms with Gasteiger partial charge in [0.1, 0.15) is 5.82 Å². The van der Waals surface area contributed by atoms with Crippen molar-refractivity contribution in [1.29, 1.82) is 0 Å². The molecule has 17 heavy (non-hydrogen) atoms. The summed E-state index contributed by atoms with van der Waals surface area (Å²) < 4.78 is 13.4. The van der Waals surface area contributed by atoms with E-state index in [0.717, 1.165) is 18.0 Å². The molecule has 0 amide bonds. The summed E-state index contributed by atoms with van der Waals surface area (Å²) >= 11 is 7.44. The van der Waals surface area contributed by atoms with Crippen LogP contribution in [0.1, 0.15) is 10.6 Å². The number of halogens is 2. The molecular weight excluding hydrogens is 259 g/mol. The van der Waals surface area contributed by atoms with Crippen molar-refractivity contribution in [2.24, 2.45) is 0 Å². The lowest BCUT2D eigenvalue weighted by atomic mass is 10.2. The van der Waals surface area contributed by atoms with Crippen LogP contribution in [0, 0.1) is 5.82 Å². The molecule has 1 aromatic heterocycles. The van der Waals surface area contributed by atoms with E-state index in [-0.39, 0.29) is 5.82 Å². The van der Waals surface area contributed by atoms with Crippen LogP contribution in [0.2, 0.25) is 5.02 Å². The van der Waals surface area contributed by atoms with Gasteiger partial charge in [-0.05, 0) is 18.2 Å². The highest BCUT2D eigenvalue weighted by Crippen LogP contribution is 2.14. The topological polar surface area (TPSA) is 24.9 Å². The monoisotopic (exact) mass is 270 g/mol. The number of rotatable bonds is 5. The third-order valence-corrected chi connectivity index (χ3v) is 3.40. The molecule has 0 unspecified atom stereocenters. The van der Waals surface area contributed by atoms with Crippen molar-refractivity contribution in [3.63, 3.8) is 0 Å². The maximum atomic E-state index is 13.4. The number of nitrogens with one attached hydrogen (secondary N) is 1. The van der Waals surface area contributed by atoms with Crippen molar-refractivity contribution >= 4 is 22.9 Å². The van der Waals surface area contributed by atoms with Gasteiger partial charge in [0.05, 0.1) is 5.01 Å². The molecule has 90 valence electrons. The van der Waals surface area contributed by atoms with E-state index in [4.69, 9.17) is 11.6 Å². The second kappa shape index (κ2) is 6.10. The average Bonchev–Trinajstić information content (AvgIpc) is 2.82. The minimum absolute atomic E-state index is 0.226. The summed E-state index contributed by atoms with van der Waals surface area (Å²) in [6, 6.07) is 4.59. The van der Waals surface area contributed by atoms with E-state index in [9.17, 15) is 4.39 Å². The predicted molar refractivity (Wildman–Crippen MR) is 68.9 cm³/mol. The number of thiazole rings is 1. The Bertz CT molecular complexity index is 473. The van der Waals surface area contributed by atoms with Gasteiger partial charge in [-0.1, -0.05) is 11.6 Å². The van der Waals surface area contributed by atoms with Crippen LogP contribution in [0.25, 0.3) is 0 Å². The summed E-state index contributed by atoms with van der Waals surface area (Å²) in [7, 11) is 0. The van der Waals surface area contributed by atoms with Gasteiger partial charge < -0.3 is 5.32 Å². The van der Waals surface area contributed by atoms with Crippen molar-refractivity contribution in [2.75, 3.05) is 6.54 Å². The van der Waals surface area contributed by atoms with Crippen molar-refractivity contribution in [3.05, 3.63) is 51.2 Å². The van der Waals surface area contributed by atoms with Crippen LogP contribution < -0.4 is 5.32 Å². The van der Waals surface area contributed by atoms with Gasteiger partial charge in [-0.25, -0.2) is 9.37 Å². The molecule has 1 heterocycles. The maximum Gasteiger partial charge on any atom is 0.127 e. The molecule has 2 nitrogen and oxygen atoms in total. The fourth-order valence-electron chi connectivity index (χ4n) is 1.47. The highest BCUT2D eigenvalue weighted by molar-refractivity contribution is 7.09. The molecular formula is C12H12ClFN2S. The van der Waals surface area contributed by atoms with Gasteiger partial charge in [-0.3, -0.25) is 0 Å². The largest absolute Gasteiger partial charge is 0.312 e. The molecule has 0 saturated carbocycles. The van der Waals surface area contributed by atoms with Gasteiger partial charge in [0.15, 0.2) is 0 Å². The summed E-state index contributed by atoms with van der Waals surface area (Å²) in [6.45, 7) is 1.26. The van der Waals surface area contributed by atoms with Crippen molar-refractivity contribution < 1.29 is 4.39 Å². The average molecular weight is 271 g/mol. The van der Waals surface area contributed by atoms with E-state index in [1.807, 2.05) is 5.38 Å². The number of nitrogens with zero attached hydrogens (tertiary/aromatic N) is 1. The molecule has 1 aromatic carbocycles. The second-order valence-electron chi connectivity index (χ2n) is 3.59. The second-order valence-corrected chi connectivity index (χ2v) is 5.00. The fraction of sp³-hybridized carbons (Fsp3) is 0.250. The Morgan fingerprint density at radius 1 is 1.41 bits per heavy atom. The van der Waals surface area contributed by atoms with Crippen molar-refractivity contribution in [2.45, 2.75) is 13.0 Å². The number of benzene rings is 1. The fourth-order valence-corrected chi connectivity index (χ4v) is 2.29. The van der Waals surface area contributed by atoms with Gasteiger partial charge in [0, 0.05) is 41.7 Å². The first-order valence-electron chi connectivity index (χ1n) is 5.29. The Morgan fingerprint density at radius 3 is 3.06 bits per heavy atom. The zero-order valence-electron chi connectivity index (χ0n) is 9.12. The molecule has 0 saturated heterocycles. The lowest BCUT2D eigenvalue weighted by Gasteiger charge is -2.05. The van der Waals surface area contributed by atoms with E-state index in [1.165, 1.54) is 6.07 Å². The number of hydrogen-bond donors (Lipinski definition) is 1. The quantitative estimate of drug-likeness (QED) is 0.844. The van der Waals surface area contributed by atoms with Crippen LogP contribution >= 0.6 is 22.9 Å². The van der Waals surface area contributed by atoms with E-state index >= 15 is 0 Å². The summed E-state index contributed by atoms with van der Waals surface area (Å²) in [5.41, 5.74) is 0.594. The first-order chi connectivity index (χ1) is 8.25. The molecule has 0 radical (unpaired) electrons. The standard InChI is InChI=1S/C12H12ClFN2S/c13-10-1-2-11(14)9(7-10)8-15-4-3-12-16-5-6-17-12/h1-2,5-7,15H,3-4,8H2. The first kappa shape index (κ1) is 12.5.